The van der Waals surface area contributed by atoms with Crippen LogP contribution >= 0.6 is 0 Å². The summed E-state index contributed by atoms with van der Waals surface area (Å²) in [5.41, 5.74) is 7.74. The topological polar surface area (TPSA) is 188 Å². The molecule has 4 aliphatic rings. The summed E-state index contributed by atoms with van der Waals surface area (Å²) in [4.78, 5) is 73.4. The van der Waals surface area contributed by atoms with Gasteiger partial charge in [0.1, 0.15) is 17.7 Å². The lowest BCUT2D eigenvalue weighted by Gasteiger charge is -2.36. The molecule has 0 saturated carbocycles. The van der Waals surface area contributed by atoms with E-state index in [4.69, 9.17) is 24.8 Å². The van der Waals surface area contributed by atoms with Crippen LogP contribution in [0.1, 0.15) is 71.8 Å². The molecule has 14 nitrogen and oxygen atoms in total. The van der Waals surface area contributed by atoms with Gasteiger partial charge in [-0.25, -0.2) is 0 Å². The quantitative estimate of drug-likeness (QED) is 0.253. The number of hydroxylamine groups is 1. The number of primary amides is 1. The third kappa shape index (κ3) is 7.70. The predicted octanol–water partition coefficient (Wildman–Crippen LogP) is 1.32. The molecule has 0 aromatic heterocycles. The van der Waals surface area contributed by atoms with Crippen LogP contribution in [-0.4, -0.2) is 84.6 Å². The first kappa shape index (κ1) is 34.2. The Morgan fingerprint density at radius 2 is 1.81 bits per heavy atom. The molecule has 4 aliphatic heterocycles. The van der Waals surface area contributed by atoms with E-state index < -0.39 is 52.6 Å². The molecule has 256 valence electrons. The molecule has 1 spiro atoms. The van der Waals surface area contributed by atoms with Gasteiger partial charge in [-0.05, 0) is 54.9 Å². The van der Waals surface area contributed by atoms with Crippen LogP contribution < -0.4 is 31.3 Å². The van der Waals surface area contributed by atoms with E-state index in [2.05, 4.69) is 16.1 Å². The molecule has 4 heterocycles. The van der Waals surface area contributed by atoms with Crippen molar-refractivity contribution in [2.45, 2.75) is 89.9 Å². The van der Waals surface area contributed by atoms with Crippen molar-refractivity contribution in [2.24, 2.45) is 17.1 Å². The number of carbonyl (C=O) groups excluding carboxylic acids is 5. The molecule has 2 saturated heterocycles. The SMILES string of the molecule is CCC[C@H](NC(=O)[C@@H]1C[C@]2(C=C(c3ccc4c(c3)OCO4)NO2)CN1C(=O)[C@@H](NC(=O)CC1CCOCC1)C(C)(C)C)C(=O)C(N)=O. The summed E-state index contributed by atoms with van der Waals surface area (Å²) < 4.78 is 16.4. The second-order valence-electron chi connectivity index (χ2n) is 13.8. The number of ether oxygens (including phenoxy) is 3. The average Bonchev–Trinajstić information content (AvgIpc) is 3.77. The molecule has 0 radical (unpaired) electrons. The van der Waals surface area contributed by atoms with Crippen LogP contribution in [0.3, 0.4) is 0 Å². The minimum Gasteiger partial charge on any atom is -0.454 e. The highest BCUT2D eigenvalue weighted by atomic mass is 16.7. The van der Waals surface area contributed by atoms with Crippen LogP contribution in [-0.2, 0) is 33.5 Å². The Bertz CT molecular complexity index is 1430. The summed E-state index contributed by atoms with van der Waals surface area (Å²) >= 11 is 0. The molecule has 1 aromatic carbocycles. The zero-order valence-corrected chi connectivity index (χ0v) is 27.4. The number of ketones is 1. The van der Waals surface area contributed by atoms with E-state index >= 15 is 0 Å². The van der Waals surface area contributed by atoms with Gasteiger partial charge in [0, 0.05) is 31.6 Å². The van der Waals surface area contributed by atoms with Gasteiger partial charge >= 0.3 is 0 Å². The molecule has 1 aromatic rings. The van der Waals surface area contributed by atoms with Gasteiger partial charge in [0.15, 0.2) is 11.5 Å². The number of likely N-dealkylation sites (tertiary alicyclic amines) is 1. The number of fused-ring (bicyclic) bond motifs is 1. The number of amides is 4. The number of nitrogens with one attached hydrogen (secondary N) is 3. The Kier molecular flexibility index (Phi) is 10.1. The molecule has 47 heavy (non-hydrogen) atoms. The first-order valence-corrected chi connectivity index (χ1v) is 16.2. The standard InChI is InChI=1S/C33H45N5O9/c1-5-6-21(27(40)29(34)41)35-30(42)23-16-33(15-22(37-47-33)20-7-8-24-25(14-20)46-18-45-24)17-38(23)31(43)28(32(2,3)4)36-26(39)13-19-9-11-44-12-10-19/h7-8,14-15,19,21,23,28,37H,5-6,9-13,16-18H2,1-4H3,(H2,34,41)(H,35,42)(H,36,39)/t21-,23-,28+,33+/m0/s1. The maximum atomic E-state index is 14.5. The zero-order chi connectivity index (χ0) is 33.9. The maximum absolute atomic E-state index is 14.5. The van der Waals surface area contributed by atoms with Gasteiger partial charge in [-0.2, -0.15) is 0 Å². The number of hydrogen-bond acceptors (Lipinski definition) is 10. The van der Waals surface area contributed by atoms with Crippen LogP contribution in [0.4, 0.5) is 0 Å². The van der Waals surface area contributed by atoms with Crippen molar-refractivity contribution < 1.29 is 43.0 Å². The summed E-state index contributed by atoms with van der Waals surface area (Å²) in [5, 5.41) is 5.62. The van der Waals surface area contributed by atoms with E-state index in [1.54, 1.807) is 12.1 Å². The van der Waals surface area contributed by atoms with Gasteiger partial charge in [-0.1, -0.05) is 34.1 Å². The van der Waals surface area contributed by atoms with Gasteiger partial charge < -0.3 is 35.5 Å². The number of carbonyl (C=O) groups is 5. The molecular weight excluding hydrogens is 610 g/mol. The van der Waals surface area contributed by atoms with Crippen LogP contribution in [0.25, 0.3) is 5.70 Å². The van der Waals surface area contributed by atoms with Crippen molar-refractivity contribution in [3.05, 3.63) is 29.8 Å². The lowest BCUT2D eigenvalue weighted by molar-refractivity contribution is -0.145. The van der Waals surface area contributed by atoms with E-state index in [0.717, 1.165) is 18.4 Å². The first-order chi connectivity index (χ1) is 22.3. The predicted molar refractivity (Wildman–Crippen MR) is 168 cm³/mol. The van der Waals surface area contributed by atoms with Crippen molar-refractivity contribution in [1.82, 2.24) is 21.0 Å². The van der Waals surface area contributed by atoms with Crippen LogP contribution in [0.5, 0.6) is 11.5 Å². The minimum absolute atomic E-state index is 0.0183. The fraction of sp³-hybridized carbons (Fsp3) is 0.606. The first-order valence-electron chi connectivity index (χ1n) is 16.2. The monoisotopic (exact) mass is 655 g/mol. The Balaban J connectivity index is 1.42. The minimum atomic E-state index is -1.15. The number of nitrogens with two attached hydrogens (primary N) is 1. The largest absolute Gasteiger partial charge is 0.454 e. The fourth-order valence-electron chi connectivity index (χ4n) is 6.47. The zero-order valence-electron chi connectivity index (χ0n) is 27.4. The lowest BCUT2D eigenvalue weighted by Crippen LogP contribution is -2.59. The Morgan fingerprint density at radius 3 is 2.49 bits per heavy atom. The molecule has 4 amide bonds. The smallest absolute Gasteiger partial charge is 0.287 e. The van der Waals surface area contributed by atoms with Crippen molar-refractivity contribution in [1.29, 1.82) is 0 Å². The van der Waals surface area contributed by atoms with E-state index in [0.29, 0.717) is 36.8 Å². The summed E-state index contributed by atoms with van der Waals surface area (Å²) in [5.74, 6) is -2.05. The number of benzene rings is 1. The highest BCUT2D eigenvalue weighted by molar-refractivity contribution is 6.37. The van der Waals surface area contributed by atoms with Gasteiger partial charge in [0.05, 0.1) is 18.3 Å². The number of nitrogens with zero attached hydrogens (tertiary/aromatic N) is 1. The normalized spacial score (nSPS) is 23.5. The molecule has 5 rings (SSSR count). The summed E-state index contributed by atoms with van der Waals surface area (Å²) in [6.07, 6.45) is 4.36. The highest BCUT2D eigenvalue weighted by Crippen LogP contribution is 2.41. The number of hydrogen-bond donors (Lipinski definition) is 4. The molecular formula is C33H45N5O9. The average molecular weight is 656 g/mol. The van der Waals surface area contributed by atoms with E-state index in [9.17, 15) is 24.0 Å². The third-order valence-electron chi connectivity index (χ3n) is 9.08. The van der Waals surface area contributed by atoms with Crippen molar-refractivity contribution in [3.8, 4) is 11.5 Å². The second kappa shape index (κ2) is 13.9. The summed E-state index contributed by atoms with van der Waals surface area (Å²) in [6, 6.07) is 2.23. The maximum Gasteiger partial charge on any atom is 0.287 e. The fourth-order valence-corrected chi connectivity index (χ4v) is 6.47. The van der Waals surface area contributed by atoms with Gasteiger partial charge in [0.2, 0.25) is 30.3 Å². The van der Waals surface area contributed by atoms with Crippen molar-refractivity contribution >= 4 is 35.1 Å². The van der Waals surface area contributed by atoms with Gasteiger partial charge in [-0.15, -0.1) is 0 Å². The lowest BCUT2D eigenvalue weighted by atomic mass is 9.85. The Hall–Kier alpha value is -4.17. The number of Topliss-reactive ketones (excluding diaryl/α,β-unsaturated/α-hetero) is 1. The summed E-state index contributed by atoms with van der Waals surface area (Å²) in [7, 11) is 0. The Morgan fingerprint density at radius 1 is 1.09 bits per heavy atom. The Labute approximate surface area is 274 Å². The third-order valence-corrected chi connectivity index (χ3v) is 9.08. The van der Waals surface area contributed by atoms with Gasteiger partial charge in [-0.3, -0.25) is 34.3 Å². The van der Waals surface area contributed by atoms with E-state index in [1.165, 1.54) is 4.90 Å². The molecule has 0 unspecified atom stereocenters. The van der Waals surface area contributed by atoms with E-state index in [1.807, 2.05) is 39.8 Å². The van der Waals surface area contributed by atoms with Gasteiger partial charge in [0.25, 0.3) is 5.91 Å². The molecule has 5 N–H and O–H groups in total. The highest BCUT2D eigenvalue weighted by Gasteiger charge is 2.54. The number of rotatable bonds is 11. The molecule has 0 bridgehead atoms. The van der Waals surface area contributed by atoms with Crippen LogP contribution in [0.2, 0.25) is 0 Å². The van der Waals surface area contributed by atoms with E-state index in [-0.39, 0.29) is 44.4 Å². The molecule has 0 aliphatic carbocycles. The molecule has 4 atom stereocenters. The summed E-state index contributed by atoms with van der Waals surface area (Å²) in [6.45, 7) is 8.65. The van der Waals surface area contributed by atoms with Crippen molar-refractivity contribution in [2.75, 3.05) is 26.6 Å². The molecule has 14 heteroatoms. The van der Waals surface area contributed by atoms with Crippen LogP contribution in [0.15, 0.2) is 24.3 Å². The molecule has 2 fully saturated rings. The second-order valence-corrected chi connectivity index (χ2v) is 13.8. The van der Waals surface area contributed by atoms with Crippen molar-refractivity contribution in [3.63, 3.8) is 0 Å². The van der Waals surface area contributed by atoms with Crippen LogP contribution in [0, 0.1) is 11.3 Å².